The molecule has 1 saturated carbocycles. The molecule has 136 valence electrons. The largest absolute Gasteiger partial charge is 0.352 e. The molecule has 2 fully saturated rings. The number of nitrogens with zero attached hydrogens (tertiary/aromatic N) is 3. The first-order valence-corrected chi connectivity index (χ1v) is 9.02. The highest BCUT2D eigenvalue weighted by molar-refractivity contribution is 5.81. The topological polar surface area (TPSA) is 69.6 Å². The second-order valence-electron chi connectivity index (χ2n) is 6.75. The Bertz CT molecular complexity index is 630. The number of aromatic nitrogens is 1. The Morgan fingerprint density at radius 3 is 2.92 bits per heavy atom. The quantitative estimate of drug-likeness (QED) is 0.642. The van der Waals surface area contributed by atoms with Gasteiger partial charge in [0.25, 0.3) is 0 Å². The lowest BCUT2D eigenvalue weighted by atomic mass is 10.1. The zero-order valence-electron chi connectivity index (χ0n) is 14.7. The van der Waals surface area contributed by atoms with Gasteiger partial charge in [-0.25, -0.2) is 4.39 Å². The smallest absolute Gasteiger partial charge is 0.225 e. The molecule has 6 nitrogen and oxygen atoms in total. The fraction of sp³-hybridized carbons (Fsp3) is 0.611. The van der Waals surface area contributed by atoms with Crippen LogP contribution in [-0.4, -0.2) is 47.9 Å². The highest BCUT2D eigenvalue weighted by Gasteiger charge is 2.32. The molecule has 0 spiro atoms. The van der Waals surface area contributed by atoms with E-state index in [1.54, 1.807) is 19.3 Å². The minimum atomic E-state index is -0.334. The average molecular weight is 347 g/mol. The average Bonchev–Trinajstić information content (AvgIpc) is 3.31. The van der Waals surface area contributed by atoms with E-state index in [1.807, 2.05) is 4.90 Å². The van der Waals surface area contributed by atoms with E-state index in [-0.39, 0.29) is 24.3 Å². The van der Waals surface area contributed by atoms with Gasteiger partial charge in [0.05, 0.1) is 12.2 Å². The number of nitrogens with one attached hydrogen (secondary N) is 2. The first kappa shape index (κ1) is 17.6. The summed E-state index contributed by atoms with van der Waals surface area (Å²) >= 11 is 0. The Morgan fingerprint density at radius 2 is 2.20 bits per heavy atom. The summed E-state index contributed by atoms with van der Waals surface area (Å²) in [6.45, 7) is 1.76. The Balaban J connectivity index is 1.48. The second-order valence-corrected chi connectivity index (χ2v) is 6.75. The lowest BCUT2D eigenvalue weighted by Gasteiger charge is -2.21. The molecule has 1 saturated heterocycles. The lowest BCUT2D eigenvalue weighted by Crippen LogP contribution is -2.45. The minimum absolute atomic E-state index is 0.171. The first-order valence-electron chi connectivity index (χ1n) is 9.02. The van der Waals surface area contributed by atoms with Crippen LogP contribution in [0.4, 0.5) is 4.39 Å². The molecule has 1 aliphatic carbocycles. The summed E-state index contributed by atoms with van der Waals surface area (Å²) in [5.74, 6) is 0.800. The van der Waals surface area contributed by atoms with Gasteiger partial charge in [-0.1, -0.05) is 12.8 Å². The number of guanidine groups is 1. The fourth-order valence-corrected chi connectivity index (χ4v) is 3.61. The second kappa shape index (κ2) is 8.27. The molecular formula is C18H26FN5O. The van der Waals surface area contributed by atoms with Crippen molar-refractivity contribution in [2.75, 3.05) is 20.1 Å². The van der Waals surface area contributed by atoms with E-state index < -0.39 is 0 Å². The highest BCUT2D eigenvalue weighted by atomic mass is 19.1. The van der Waals surface area contributed by atoms with Crippen LogP contribution in [0.2, 0.25) is 0 Å². The van der Waals surface area contributed by atoms with E-state index in [2.05, 4.69) is 20.6 Å². The van der Waals surface area contributed by atoms with Gasteiger partial charge in [0, 0.05) is 38.3 Å². The molecule has 1 unspecified atom stereocenters. The van der Waals surface area contributed by atoms with Gasteiger partial charge in [-0.05, 0) is 31.4 Å². The van der Waals surface area contributed by atoms with Crippen molar-refractivity contribution in [3.8, 4) is 0 Å². The van der Waals surface area contributed by atoms with Gasteiger partial charge in [0.1, 0.15) is 5.82 Å². The zero-order valence-corrected chi connectivity index (χ0v) is 14.7. The zero-order chi connectivity index (χ0) is 17.6. The molecule has 1 aliphatic heterocycles. The van der Waals surface area contributed by atoms with Crippen LogP contribution in [0.3, 0.4) is 0 Å². The Hall–Kier alpha value is -2.18. The van der Waals surface area contributed by atoms with Crippen molar-refractivity contribution in [2.45, 2.75) is 44.7 Å². The highest BCUT2D eigenvalue weighted by Crippen LogP contribution is 2.27. The van der Waals surface area contributed by atoms with Gasteiger partial charge in [-0.2, -0.15) is 0 Å². The van der Waals surface area contributed by atoms with Gasteiger partial charge in [0.15, 0.2) is 5.96 Å². The number of carbonyl (C=O) groups excluding carboxylic acids is 1. The van der Waals surface area contributed by atoms with Crippen molar-refractivity contribution in [1.29, 1.82) is 0 Å². The van der Waals surface area contributed by atoms with Crippen LogP contribution in [0.5, 0.6) is 0 Å². The molecule has 2 N–H and O–H groups in total. The van der Waals surface area contributed by atoms with Crippen molar-refractivity contribution in [3.05, 3.63) is 29.8 Å². The van der Waals surface area contributed by atoms with E-state index in [0.717, 1.165) is 25.8 Å². The van der Waals surface area contributed by atoms with Gasteiger partial charge in [-0.3, -0.25) is 14.8 Å². The number of pyridine rings is 1. The standard InChI is InChI=1S/C18H26FN5O/c1-20-18(22-11-16-15(19)7-4-9-21-16)23-14-8-10-24(12-14)17(25)13-5-2-3-6-13/h4,7,9,13-14H,2-3,5-6,8,10-12H2,1H3,(H2,20,22,23). The third-order valence-corrected chi connectivity index (χ3v) is 5.03. The molecule has 0 radical (unpaired) electrons. The monoisotopic (exact) mass is 347 g/mol. The van der Waals surface area contributed by atoms with Gasteiger partial charge >= 0.3 is 0 Å². The van der Waals surface area contributed by atoms with Crippen LogP contribution in [0, 0.1) is 11.7 Å². The lowest BCUT2D eigenvalue weighted by molar-refractivity contribution is -0.134. The maximum atomic E-state index is 13.6. The molecule has 1 amide bonds. The van der Waals surface area contributed by atoms with Crippen LogP contribution in [0.15, 0.2) is 23.3 Å². The first-order chi connectivity index (χ1) is 12.2. The number of likely N-dealkylation sites (tertiary alicyclic amines) is 1. The van der Waals surface area contributed by atoms with Gasteiger partial charge in [-0.15, -0.1) is 0 Å². The van der Waals surface area contributed by atoms with Gasteiger partial charge in [0.2, 0.25) is 5.91 Å². The minimum Gasteiger partial charge on any atom is -0.352 e. The van der Waals surface area contributed by atoms with Crippen LogP contribution < -0.4 is 10.6 Å². The Kier molecular flexibility index (Phi) is 5.83. The fourth-order valence-electron chi connectivity index (χ4n) is 3.61. The SMILES string of the molecule is CN=C(NCc1ncccc1F)NC1CCN(C(=O)C2CCCC2)C1. The summed E-state index contributed by atoms with van der Waals surface area (Å²) in [5.41, 5.74) is 0.356. The van der Waals surface area contributed by atoms with E-state index in [1.165, 1.54) is 18.9 Å². The maximum Gasteiger partial charge on any atom is 0.225 e. The number of hydrogen-bond acceptors (Lipinski definition) is 3. The third-order valence-electron chi connectivity index (χ3n) is 5.03. The number of aliphatic imine (C=N–C) groups is 1. The van der Waals surface area contributed by atoms with Crippen LogP contribution in [0.25, 0.3) is 0 Å². The Labute approximate surface area is 147 Å². The molecule has 2 aliphatic rings. The summed E-state index contributed by atoms with van der Waals surface area (Å²) in [6.07, 6.45) is 6.88. The molecule has 1 atom stereocenters. The van der Waals surface area contributed by atoms with Crippen LogP contribution in [-0.2, 0) is 11.3 Å². The van der Waals surface area contributed by atoms with Crippen molar-refractivity contribution in [1.82, 2.24) is 20.5 Å². The number of hydrogen-bond donors (Lipinski definition) is 2. The summed E-state index contributed by atoms with van der Waals surface area (Å²) in [5, 5.41) is 6.41. The van der Waals surface area contributed by atoms with E-state index >= 15 is 0 Å². The normalized spacial score (nSPS) is 21.6. The van der Waals surface area contributed by atoms with Gasteiger partial charge < -0.3 is 15.5 Å². The summed E-state index contributed by atoms with van der Waals surface area (Å²) < 4.78 is 13.6. The molecule has 25 heavy (non-hydrogen) atoms. The molecular weight excluding hydrogens is 321 g/mol. The summed E-state index contributed by atoms with van der Waals surface area (Å²) in [7, 11) is 1.68. The molecule has 3 rings (SSSR count). The number of amides is 1. The van der Waals surface area contributed by atoms with Crippen molar-refractivity contribution >= 4 is 11.9 Å². The van der Waals surface area contributed by atoms with Crippen molar-refractivity contribution in [2.24, 2.45) is 10.9 Å². The summed E-state index contributed by atoms with van der Waals surface area (Å²) in [4.78, 5) is 22.7. The number of rotatable bonds is 4. The molecule has 1 aromatic rings. The molecule has 1 aromatic heterocycles. The van der Waals surface area contributed by atoms with Crippen LogP contribution >= 0.6 is 0 Å². The van der Waals surface area contributed by atoms with E-state index in [9.17, 15) is 9.18 Å². The van der Waals surface area contributed by atoms with Crippen LogP contribution in [0.1, 0.15) is 37.8 Å². The van der Waals surface area contributed by atoms with E-state index in [4.69, 9.17) is 0 Å². The maximum absolute atomic E-state index is 13.6. The molecule has 0 bridgehead atoms. The third kappa shape index (κ3) is 4.46. The Morgan fingerprint density at radius 1 is 1.40 bits per heavy atom. The summed E-state index contributed by atoms with van der Waals surface area (Å²) in [6, 6.07) is 3.13. The van der Waals surface area contributed by atoms with Crippen molar-refractivity contribution in [3.63, 3.8) is 0 Å². The number of halogens is 1. The number of carbonyl (C=O) groups is 1. The van der Waals surface area contributed by atoms with E-state index in [0.29, 0.717) is 24.1 Å². The van der Waals surface area contributed by atoms with Crippen molar-refractivity contribution < 1.29 is 9.18 Å². The molecule has 7 heteroatoms. The molecule has 0 aromatic carbocycles. The predicted octanol–water partition coefficient (Wildman–Crippen LogP) is 1.68. The molecule has 2 heterocycles. The predicted molar refractivity (Wildman–Crippen MR) is 94.5 cm³/mol.